The molecular weight excluding hydrogens is 276 g/mol. The molecule has 96 valence electrons. The number of rotatable bonds is 5. The molecule has 0 saturated carbocycles. The molecular formula is C14H23BrN2. The second-order valence-electron chi connectivity index (χ2n) is 5.06. The maximum atomic E-state index is 5.88. The van der Waals surface area contributed by atoms with Gasteiger partial charge in [-0.3, -0.25) is 0 Å². The summed E-state index contributed by atoms with van der Waals surface area (Å²) in [6, 6.07) is 4.33. The molecule has 0 heterocycles. The summed E-state index contributed by atoms with van der Waals surface area (Å²) in [5.74, 6) is 0. The van der Waals surface area contributed by atoms with Crippen molar-refractivity contribution in [2.45, 2.75) is 46.1 Å². The van der Waals surface area contributed by atoms with Gasteiger partial charge in [0.25, 0.3) is 0 Å². The van der Waals surface area contributed by atoms with Crippen LogP contribution >= 0.6 is 15.9 Å². The number of hydrogen-bond acceptors (Lipinski definition) is 2. The number of halogens is 1. The fourth-order valence-electron chi connectivity index (χ4n) is 2.13. The van der Waals surface area contributed by atoms with E-state index in [1.807, 2.05) is 0 Å². The Morgan fingerprint density at radius 2 is 1.82 bits per heavy atom. The number of aryl methyl sites for hydroxylation is 2. The van der Waals surface area contributed by atoms with E-state index in [9.17, 15) is 0 Å². The van der Waals surface area contributed by atoms with Gasteiger partial charge < -0.3 is 11.1 Å². The van der Waals surface area contributed by atoms with Gasteiger partial charge in [0.1, 0.15) is 0 Å². The van der Waals surface area contributed by atoms with Crippen molar-refractivity contribution in [3.05, 3.63) is 27.7 Å². The SMILES string of the molecule is CCCC(C)(CN)Nc1cc(C)c(Br)c(C)c1. The van der Waals surface area contributed by atoms with Crippen LogP contribution in [-0.2, 0) is 0 Å². The van der Waals surface area contributed by atoms with Crippen LogP contribution < -0.4 is 11.1 Å². The molecule has 0 saturated heterocycles. The smallest absolute Gasteiger partial charge is 0.0467 e. The van der Waals surface area contributed by atoms with Crippen LogP contribution in [-0.4, -0.2) is 12.1 Å². The molecule has 0 aliphatic heterocycles. The molecule has 1 aromatic rings. The van der Waals surface area contributed by atoms with E-state index in [0.717, 1.165) is 18.5 Å². The Bertz CT molecular complexity index is 367. The molecule has 0 spiro atoms. The van der Waals surface area contributed by atoms with Crippen LogP contribution in [0.1, 0.15) is 37.8 Å². The van der Waals surface area contributed by atoms with Crippen molar-refractivity contribution < 1.29 is 0 Å². The van der Waals surface area contributed by atoms with E-state index in [0.29, 0.717) is 6.54 Å². The molecule has 1 aromatic carbocycles. The van der Waals surface area contributed by atoms with E-state index in [4.69, 9.17) is 5.73 Å². The first-order chi connectivity index (χ1) is 7.91. The molecule has 17 heavy (non-hydrogen) atoms. The molecule has 0 aromatic heterocycles. The molecule has 0 radical (unpaired) electrons. The maximum Gasteiger partial charge on any atom is 0.0467 e. The molecule has 2 nitrogen and oxygen atoms in total. The van der Waals surface area contributed by atoms with Gasteiger partial charge in [-0.25, -0.2) is 0 Å². The molecule has 0 aliphatic rings. The molecule has 3 heteroatoms. The normalized spacial score (nSPS) is 14.5. The highest BCUT2D eigenvalue weighted by atomic mass is 79.9. The summed E-state index contributed by atoms with van der Waals surface area (Å²) >= 11 is 3.59. The Balaban J connectivity index is 2.94. The second kappa shape index (κ2) is 5.87. The third kappa shape index (κ3) is 3.71. The molecule has 1 unspecified atom stereocenters. The monoisotopic (exact) mass is 298 g/mol. The second-order valence-corrected chi connectivity index (χ2v) is 5.86. The van der Waals surface area contributed by atoms with Gasteiger partial charge in [0.2, 0.25) is 0 Å². The molecule has 0 amide bonds. The number of nitrogens with two attached hydrogens (primary N) is 1. The minimum absolute atomic E-state index is 0.0124. The number of benzene rings is 1. The zero-order valence-electron chi connectivity index (χ0n) is 11.2. The Morgan fingerprint density at radius 3 is 2.24 bits per heavy atom. The van der Waals surface area contributed by atoms with Crippen LogP contribution in [0.2, 0.25) is 0 Å². The third-order valence-electron chi connectivity index (χ3n) is 3.13. The lowest BCUT2D eigenvalue weighted by Gasteiger charge is -2.30. The summed E-state index contributed by atoms with van der Waals surface area (Å²) in [7, 11) is 0. The summed E-state index contributed by atoms with van der Waals surface area (Å²) in [6.45, 7) is 9.25. The van der Waals surface area contributed by atoms with Gasteiger partial charge in [-0.05, 0) is 50.5 Å². The fraction of sp³-hybridized carbons (Fsp3) is 0.571. The number of nitrogens with one attached hydrogen (secondary N) is 1. The number of hydrogen-bond donors (Lipinski definition) is 2. The Kier molecular flexibility index (Phi) is 5.02. The third-order valence-corrected chi connectivity index (χ3v) is 4.39. The molecule has 0 bridgehead atoms. The van der Waals surface area contributed by atoms with Gasteiger partial charge >= 0.3 is 0 Å². The average Bonchev–Trinajstić information content (AvgIpc) is 2.26. The van der Waals surface area contributed by atoms with Crippen molar-refractivity contribution >= 4 is 21.6 Å². The van der Waals surface area contributed by atoms with Crippen molar-refractivity contribution in [3.63, 3.8) is 0 Å². The summed E-state index contributed by atoms with van der Waals surface area (Å²) in [4.78, 5) is 0. The average molecular weight is 299 g/mol. The molecule has 1 rings (SSSR count). The van der Waals surface area contributed by atoms with Gasteiger partial charge in [0.15, 0.2) is 0 Å². The summed E-state index contributed by atoms with van der Waals surface area (Å²) in [5, 5.41) is 3.57. The maximum absolute atomic E-state index is 5.88. The van der Waals surface area contributed by atoms with Gasteiger partial charge in [0, 0.05) is 22.2 Å². The van der Waals surface area contributed by atoms with Crippen LogP contribution in [0, 0.1) is 13.8 Å². The molecule has 0 fully saturated rings. The van der Waals surface area contributed by atoms with Crippen molar-refractivity contribution in [1.29, 1.82) is 0 Å². The molecule has 3 N–H and O–H groups in total. The highest BCUT2D eigenvalue weighted by Gasteiger charge is 2.21. The zero-order valence-corrected chi connectivity index (χ0v) is 12.8. The lowest BCUT2D eigenvalue weighted by molar-refractivity contribution is 0.476. The standard InChI is InChI=1S/C14H23BrN2/c1-5-6-14(4,9-16)17-12-7-10(2)13(15)11(3)8-12/h7-8,17H,5-6,9,16H2,1-4H3. The Labute approximate surface area is 113 Å². The topological polar surface area (TPSA) is 38.0 Å². The van der Waals surface area contributed by atoms with Crippen molar-refractivity contribution in [1.82, 2.24) is 0 Å². The first-order valence-corrected chi connectivity index (χ1v) is 6.96. The van der Waals surface area contributed by atoms with Crippen LogP contribution in [0.4, 0.5) is 5.69 Å². The molecule has 0 aliphatic carbocycles. The predicted octanol–water partition coefficient (Wildman–Crippen LogP) is 4.00. The van der Waals surface area contributed by atoms with Crippen LogP contribution in [0.25, 0.3) is 0 Å². The Morgan fingerprint density at radius 1 is 1.29 bits per heavy atom. The van der Waals surface area contributed by atoms with E-state index in [2.05, 4.69) is 61.1 Å². The highest BCUT2D eigenvalue weighted by molar-refractivity contribution is 9.10. The predicted molar refractivity (Wildman–Crippen MR) is 79.6 cm³/mol. The van der Waals surface area contributed by atoms with Crippen LogP contribution in [0.3, 0.4) is 0 Å². The minimum Gasteiger partial charge on any atom is -0.379 e. The zero-order chi connectivity index (χ0) is 13.1. The number of anilines is 1. The van der Waals surface area contributed by atoms with Crippen molar-refractivity contribution in [2.75, 3.05) is 11.9 Å². The quantitative estimate of drug-likeness (QED) is 0.862. The largest absolute Gasteiger partial charge is 0.379 e. The van der Waals surface area contributed by atoms with Crippen molar-refractivity contribution in [2.24, 2.45) is 5.73 Å². The summed E-state index contributed by atoms with van der Waals surface area (Å²) in [6.07, 6.45) is 2.22. The van der Waals surface area contributed by atoms with Gasteiger partial charge in [0.05, 0.1) is 0 Å². The van der Waals surface area contributed by atoms with Crippen LogP contribution in [0.15, 0.2) is 16.6 Å². The van der Waals surface area contributed by atoms with Gasteiger partial charge in [-0.1, -0.05) is 29.3 Å². The van der Waals surface area contributed by atoms with Gasteiger partial charge in [-0.2, -0.15) is 0 Å². The molecule has 1 atom stereocenters. The summed E-state index contributed by atoms with van der Waals surface area (Å²) < 4.78 is 1.19. The van der Waals surface area contributed by atoms with E-state index in [1.165, 1.54) is 15.6 Å². The van der Waals surface area contributed by atoms with Crippen molar-refractivity contribution in [3.8, 4) is 0 Å². The summed E-state index contributed by atoms with van der Waals surface area (Å²) in [5.41, 5.74) is 9.53. The van der Waals surface area contributed by atoms with Gasteiger partial charge in [-0.15, -0.1) is 0 Å². The lowest BCUT2D eigenvalue weighted by atomic mass is 9.95. The van der Waals surface area contributed by atoms with E-state index in [-0.39, 0.29) is 5.54 Å². The first kappa shape index (κ1) is 14.5. The highest BCUT2D eigenvalue weighted by Crippen LogP contribution is 2.27. The fourth-order valence-corrected chi connectivity index (χ4v) is 2.36. The minimum atomic E-state index is -0.0124. The van der Waals surface area contributed by atoms with Crippen LogP contribution in [0.5, 0.6) is 0 Å². The van der Waals surface area contributed by atoms with E-state index in [1.54, 1.807) is 0 Å². The first-order valence-electron chi connectivity index (χ1n) is 6.17. The van der Waals surface area contributed by atoms with E-state index < -0.39 is 0 Å². The Hall–Kier alpha value is -0.540. The lowest BCUT2D eigenvalue weighted by Crippen LogP contribution is -2.42. The van der Waals surface area contributed by atoms with E-state index >= 15 is 0 Å².